The third kappa shape index (κ3) is 2.66. The summed E-state index contributed by atoms with van der Waals surface area (Å²) in [6.07, 6.45) is -1.30. The molecule has 0 atom stereocenters. The molecule has 0 saturated carbocycles. The van der Waals surface area contributed by atoms with E-state index in [-0.39, 0.29) is 23.0 Å². The van der Waals surface area contributed by atoms with Crippen molar-refractivity contribution in [3.8, 4) is 11.5 Å². The summed E-state index contributed by atoms with van der Waals surface area (Å²) in [6, 6.07) is 4.04. The van der Waals surface area contributed by atoms with E-state index in [9.17, 15) is 13.6 Å². The lowest BCUT2D eigenvalue weighted by Gasteiger charge is -2.06. The minimum atomic E-state index is -3.69. The number of anilines is 2. The van der Waals surface area contributed by atoms with Crippen LogP contribution in [0.4, 0.5) is 20.3 Å². The number of hydrogen-bond acceptors (Lipinski definition) is 6. The first-order valence-corrected chi connectivity index (χ1v) is 5.65. The molecule has 7 nitrogen and oxygen atoms in total. The van der Waals surface area contributed by atoms with Crippen LogP contribution in [0.15, 0.2) is 30.6 Å². The van der Waals surface area contributed by atoms with Crippen LogP contribution < -0.4 is 14.8 Å². The Kier molecular flexibility index (Phi) is 2.82. The number of carboxylic acid groups (broad SMARTS) is 1. The van der Waals surface area contributed by atoms with Crippen LogP contribution in [0.5, 0.6) is 11.5 Å². The first-order valence-electron chi connectivity index (χ1n) is 5.65. The van der Waals surface area contributed by atoms with E-state index in [1.54, 1.807) is 0 Å². The monoisotopic (exact) mass is 295 g/mol. The number of aromatic carboxylic acids is 1. The van der Waals surface area contributed by atoms with Gasteiger partial charge in [0, 0.05) is 11.8 Å². The van der Waals surface area contributed by atoms with Crippen LogP contribution >= 0.6 is 0 Å². The fourth-order valence-corrected chi connectivity index (χ4v) is 1.70. The molecule has 2 N–H and O–H groups in total. The highest BCUT2D eigenvalue weighted by Crippen LogP contribution is 2.42. The molecule has 0 spiro atoms. The Bertz CT molecular complexity index is 723. The minimum Gasteiger partial charge on any atom is -0.476 e. The molecular weight excluding hydrogens is 288 g/mol. The van der Waals surface area contributed by atoms with E-state index < -0.39 is 12.3 Å². The Hall–Kier alpha value is -2.97. The molecule has 1 aromatic heterocycles. The molecule has 108 valence electrons. The quantitative estimate of drug-likeness (QED) is 0.896. The van der Waals surface area contributed by atoms with E-state index in [0.29, 0.717) is 5.69 Å². The molecule has 21 heavy (non-hydrogen) atoms. The largest absolute Gasteiger partial charge is 0.586 e. The Morgan fingerprint density at radius 2 is 2.00 bits per heavy atom. The average molecular weight is 295 g/mol. The van der Waals surface area contributed by atoms with Crippen molar-refractivity contribution in [2.24, 2.45) is 0 Å². The Labute approximate surface area is 116 Å². The highest BCUT2D eigenvalue weighted by Gasteiger charge is 2.43. The van der Waals surface area contributed by atoms with E-state index in [4.69, 9.17) is 5.11 Å². The van der Waals surface area contributed by atoms with Crippen molar-refractivity contribution in [3.05, 3.63) is 36.3 Å². The van der Waals surface area contributed by atoms with E-state index in [1.165, 1.54) is 24.4 Å². The van der Waals surface area contributed by atoms with Crippen molar-refractivity contribution in [2.75, 3.05) is 5.32 Å². The third-order valence-electron chi connectivity index (χ3n) is 2.53. The second-order valence-electron chi connectivity index (χ2n) is 4.05. The maximum absolute atomic E-state index is 12.9. The highest BCUT2D eigenvalue weighted by molar-refractivity contribution is 5.85. The number of aromatic nitrogens is 2. The Morgan fingerprint density at radius 1 is 1.24 bits per heavy atom. The van der Waals surface area contributed by atoms with Gasteiger partial charge in [0.05, 0.1) is 12.4 Å². The molecule has 2 aromatic rings. The smallest absolute Gasteiger partial charge is 0.476 e. The summed E-state index contributed by atoms with van der Waals surface area (Å²) in [5, 5.41) is 11.5. The number of nitrogens with zero attached hydrogens (tertiary/aromatic N) is 2. The maximum atomic E-state index is 12.9. The van der Waals surface area contributed by atoms with E-state index in [0.717, 1.165) is 6.20 Å². The minimum absolute atomic E-state index is 0.0871. The summed E-state index contributed by atoms with van der Waals surface area (Å²) in [4.78, 5) is 18.3. The van der Waals surface area contributed by atoms with E-state index >= 15 is 0 Å². The van der Waals surface area contributed by atoms with Crippen molar-refractivity contribution >= 4 is 17.5 Å². The topological polar surface area (TPSA) is 93.6 Å². The van der Waals surface area contributed by atoms with Crippen molar-refractivity contribution in [1.82, 2.24) is 9.97 Å². The van der Waals surface area contributed by atoms with Gasteiger partial charge in [-0.15, -0.1) is 8.78 Å². The molecule has 0 fully saturated rings. The molecule has 2 heterocycles. The normalized spacial score (nSPS) is 14.8. The third-order valence-corrected chi connectivity index (χ3v) is 2.53. The molecular formula is C12H7F2N3O4. The van der Waals surface area contributed by atoms with Crippen LogP contribution in [-0.4, -0.2) is 27.3 Å². The zero-order valence-corrected chi connectivity index (χ0v) is 10.2. The van der Waals surface area contributed by atoms with Crippen molar-refractivity contribution in [3.63, 3.8) is 0 Å². The van der Waals surface area contributed by atoms with Crippen molar-refractivity contribution in [1.29, 1.82) is 0 Å². The summed E-state index contributed by atoms with van der Waals surface area (Å²) in [5.41, 5.74) is 0.124. The summed E-state index contributed by atoms with van der Waals surface area (Å²) in [6.45, 7) is 0. The lowest BCUT2D eigenvalue weighted by Crippen LogP contribution is -2.25. The fraction of sp³-hybridized carbons (Fsp3) is 0.0833. The number of hydrogen-bond donors (Lipinski definition) is 2. The molecule has 0 bridgehead atoms. The standard InChI is InChI=1S/C12H7F2N3O4/c13-12(14)20-8-2-1-6(3-9(8)21-12)16-10-5-15-4-7(17-10)11(18)19/h1-5H,(H,16,17)(H,18,19). The van der Waals surface area contributed by atoms with Gasteiger partial charge in [0.1, 0.15) is 5.82 Å². The number of carboxylic acids is 1. The lowest BCUT2D eigenvalue weighted by atomic mass is 10.3. The number of halogens is 2. The van der Waals surface area contributed by atoms with Crippen LogP contribution in [0, 0.1) is 0 Å². The second kappa shape index (κ2) is 4.54. The summed E-state index contributed by atoms with van der Waals surface area (Å²) < 4.78 is 34.3. The zero-order chi connectivity index (χ0) is 15.0. The molecule has 0 unspecified atom stereocenters. The van der Waals surface area contributed by atoms with Gasteiger partial charge >= 0.3 is 12.3 Å². The highest BCUT2D eigenvalue weighted by atomic mass is 19.3. The van der Waals surface area contributed by atoms with E-state index in [2.05, 4.69) is 24.8 Å². The average Bonchev–Trinajstić information content (AvgIpc) is 2.72. The first-order chi connectivity index (χ1) is 9.93. The fourth-order valence-electron chi connectivity index (χ4n) is 1.70. The van der Waals surface area contributed by atoms with Crippen LogP contribution in [0.2, 0.25) is 0 Å². The van der Waals surface area contributed by atoms with Gasteiger partial charge in [-0.3, -0.25) is 4.98 Å². The molecule has 3 rings (SSSR count). The number of ether oxygens (including phenoxy) is 2. The van der Waals surface area contributed by atoms with Gasteiger partial charge < -0.3 is 19.9 Å². The second-order valence-corrected chi connectivity index (χ2v) is 4.05. The summed E-state index contributed by atoms with van der Waals surface area (Å²) in [5.74, 6) is -1.29. The summed E-state index contributed by atoms with van der Waals surface area (Å²) in [7, 11) is 0. The van der Waals surface area contributed by atoms with Gasteiger partial charge in [-0.25, -0.2) is 9.78 Å². The van der Waals surface area contributed by atoms with Gasteiger partial charge in [0.15, 0.2) is 17.2 Å². The van der Waals surface area contributed by atoms with Gasteiger partial charge in [0.25, 0.3) is 0 Å². The molecule has 0 saturated heterocycles. The maximum Gasteiger partial charge on any atom is 0.586 e. The van der Waals surface area contributed by atoms with Gasteiger partial charge in [0.2, 0.25) is 0 Å². The number of benzene rings is 1. The van der Waals surface area contributed by atoms with Crippen LogP contribution in [0.1, 0.15) is 10.5 Å². The molecule has 0 aliphatic carbocycles. The molecule has 0 amide bonds. The lowest BCUT2D eigenvalue weighted by molar-refractivity contribution is -0.286. The molecule has 1 aromatic carbocycles. The van der Waals surface area contributed by atoms with Gasteiger partial charge in [-0.1, -0.05) is 0 Å². The first kappa shape index (κ1) is 13.0. The van der Waals surface area contributed by atoms with E-state index in [1.807, 2.05) is 0 Å². The van der Waals surface area contributed by atoms with Crippen LogP contribution in [-0.2, 0) is 0 Å². The van der Waals surface area contributed by atoms with Crippen LogP contribution in [0.3, 0.4) is 0 Å². The summed E-state index contributed by atoms with van der Waals surface area (Å²) >= 11 is 0. The predicted octanol–water partition coefficient (Wildman–Crippen LogP) is 2.24. The Balaban J connectivity index is 1.84. The number of carbonyl (C=O) groups is 1. The number of fused-ring (bicyclic) bond motifs is 1. The van der Waals surface area contributed by atoms with Crippen molar-refractivity contribution < 1.29 is 28.2 Å². The zero-order valence-electron chi connectivity index (χ0n) is 10.2. The van der Waals surface area contributed by atoms with Gasteiger partial charge in [-0.05, 0) is 12.1 Å². The Morgan fingerprint density at radius 3 is 2.76 bits per heavy atom. The predicted molar refractivity (Wildman–Crippen MR) is 64.9 cm³/mol. The molecule has 9 heteroatoms. The molecule has 0 radical (unpaired) electrons. The molecule has 1 aliphatic heterocycles. The number of nitrogens with one attached hydrogen (secondary N) is 1. The number of alkyl halides is 2. The molecule has 1 aliphatic rings. The van der Waals surface area contributed by atoms with Gasteiger partial charge in [-0.2, -0.15) is 0 Å². The number of rotatable bonds is 3. The SMILES string of the molecule is O=C(O)c1cncc(Nc2ccc3c(c2)OC(F)(F)O3)n1. The van der Waals surface area contributed by atoms with Crippen molar-refractivity contribution in [2.45, 2.75) is 6.29 Å². The van der Waals surface area contributed by atoms with Crippen LogP contribution in [0.25, 0.3) is 0 Å².